The summed E-state index contributed by atoms with van der Waals surface area (Å²) in [6.07, 6.45) is 4.81. The summed E-state index contributed by atoms with van der Waals surface area (Å²) in [6, 6.07) is 0. The van der Waals surface area contributed by atoms with Gasteiger partial charge in [0.05, 0.1) is 0 Å². The maximum absolute atomic E-state index is 11.2. The average Bonchev–Trinajstić information content (AvgIpc) is 2.22. The summed E-state index contributed by atoms with van der Waals surface area (Å²) >= 11 is 0. The van der Waals surface area contributed by atoms with E-state index < -0.39 is 9.84 Å². The maximum Gasteiger partial charge on any atom is 0.196 e. The fraction of sp³-hybridized carbons (Fsp3) is 0.556. The summed E-state index contributed by atoms with van der Waals surface area (Å²) in [6.45, 7) is 3.74. The quantitative estimate of drug-likeness (QED) is 0.678. The van der Waals surface area contributed by atoms with Crippen LogP contribution in [-0.2, 0) is 9.84 Å². The molecule has 0 unspecified atom stereocenters. The van der Waals surface area contributed by atoms with E-state index in [1.807, 2.05) is 0 Å². The standard InChI is InChI=1S/C9H14O2S/c1-3-4-5-9-6-8(2)12(10,11)7-9/h6-7H,3-5H2,1-2H3. The lowest BCUT2D eigenvalue weighted by atomic mass is 10.1. The molecular formula is C9H14O2S. The van der Waals surface area contributed by atoms with Gasteiger partial charge in [0.15, 0.2) is 9.84 Å². The number of sulfone groups is 1. The van der Waals surface area contributed by atoms with Gasteiger partial charge in [-0.25, -0.2) is 8.42 Å². The lowest BCUT2D eigenvalue weighted by Gasteiger charge is -1.93. The van der Waals surface area contributed by atoms with E-state index in [0.29, 0.717) is 4.91 Å². The highest BCUT2D eigenvalue weighted by molar-refractivity contribution is 7.98. The molecule has 2 nitrogen and oxygen atoms in total. The highest BCUT2D eigenvalue weighted by Gasteiger charge is 2.17. The number of hydrogen-bond acceptors (Lipinski definition) is 2. The van der Waals surface area contributed by atoms with Gasteiger partial charge in [0.2, 0.25) is 0 Å². The first kappa shape index (κ1) is 9.52. The fourth-order valence-electron chi connectivity index (χ4n) is 1.18. The van der Waals surface area contributed by atoms with Gasteiger partial charge in [-0.1, -0.05) is 13.3 Å². The summed E-state index contributed by atoms with van der Waals surface area (Å²) in [5.41, 5.74) is 0.953. The number of allylic oxidation sites excluding steroid dienone is 3. The average molecular weight is 186 g/mol. The van der Waals surface area contributed by atoms with Crippen molar-refractivity contribution in [2.24, 2.45) is 0 Å². The van der Waals surface area contributed by atoms with Gasteiger partial charge in [0, 0.05) is 10.3 Å². The summed E-state index contributed by atoms with van der Waals surface area (Å²) in [4.78, 5) is 0.480. The smallest absolute Gasteiger partial charge is 0.196 e. The monoisotopic (exact) mass is 186 g/mol. The lowest BCUT2D eigenvalue weighted by Crippen LogP contribution is -1.90. The SMILES string of the molecule is CCCCC1=CS(=O)(=O)C(C)=C1. The van der Waals surface area contributed by atoms with E-state index in [9.17, 15) is 8.42 Å². The van der Waals surface area contributed by atoms with E-state index >= 15 is 0 Å². The van der Waals surface area contributed by atoms with Crippen molar-refractivity contribution in [3.05, 3.63) is 22.0 Å². The molecule has 12 heavy (non-hydrogen) atoms. The van der Waals surface area contributed by atoms with Crippen LogP contribution in [0.15, 0.2) is 22.0 Å². The Balaban J connectivity index is 2.73. The van der Waals surface area contributed by atoms with Crippen LogP contribution in [0.3, 0.4) is 0 Å². The molecule has 0 N–H and O–H groups in total. The Bertz CT molecular complexity index is 320. The van der Waals surface area contributed by atoms with Gasteiger partial charge in [-0.3, -0.25) is 0 Å². The highest BCUT2D eigenvalue weighted by atomic mass is 32.2. The largest absolute Gasteiger partial charge is 0.219 e. The fourth-order valence-corrected chi connectivity index (χ4v) is 2.27. The van der Waals surface area contributed by atoms with Crippen molar-refractivity contribution in [3.63, 3.8) is 0 Å². The minimum absolute atomic E-state index is 0.480. The van der Waals surface area contributed by atoms with E-state index in [0.717, 1.165) is 24.8 Å². The molecule has 1 aliphatic rings. The van der Waals surface area contributed by atoms with Crippen LogP contribution in [-0.4, -0.2) is 8.42 Å². The molecule has 0 saturated carbocycles. The molecule has 0 saturated heterocycles. The molecule has 0 aromatic rings. The Morgan fingerprint density at radius 2 is 2.08 bits per heavy atom. The molecule has 68 valence electrons. The van der Waals surface area contributed by atoms with Crippen molar-refractivity contribution in [2.75, 3.05) is 0 Å². The van der Waals surface area contributed by atoms with Gasteiger partial charge < -0.3 is 0 Å². The van der Waals surface area contributed by atoms with Gasteiger partial charge in [-0.15, -0.1) is 0 Å². The Labute approximate surface area is 73.9 Å². The first-order valence-electron chi connectivity index (χ1n) is 4.20. The molecule has 1 rings (SSSR count). The van der Waals surface area contributed by atoms with Gasteiger partial charge in [0.1, 0.15) is 0 Å². The predicted octanol–water partition coefficient (Wildman–Crippen LogP) is 2.39. The van der Waals surface area contributed by atoms with Crippen LogP contribution >= 0.6 is 0 Å². The Morgan fingerprint density at radius 1 is 1.42 bits per heavy atom. The third kappa shape index (κ3) is 1.97. The number of unbranched alkanes of at least 4 members (excludes halogenated alkanes) is 1. The predicted molar refractivity (Wildman–Crippen MR) is 50.3 cm³/mol. The number of hydrogen-bond donors (Lipinski definition) is 0. The molecule has 0 spiro atoms. The van der Waals surface area contributed by atoms with E-state index in [2.05, 4.69) is 6.92 Å². The first-order valence-corrected chi connectivity index (χ1v) is 5.75. The van der Waals surface area contributed by atoms with Crippen molar-refractivity contribution in [1.82, 2.24) is 0 Å². The molecule has 0 aromatic heterocycles. The van der Waals surface area contributed by atoms with Crippen LogP contribution in [0, 0.1) is 0 Å². The third-order valence-electron chi connectivity index (χ3n) is 1.96. The Kier molecular flexibility index (Phi) is 2.73. The van der Waals surface area contributed by atoms with Crippen molar-refractivity contribution in [2.45, 2.75) is 33.1 Å². The van der Waals surface area contributed by atoms with Gasteiger partial charge in [0.25, 0.3) is 0 Å². The Morgan fingerprint density at radius 3 is 2.50 bits per heavy atom. The molecule has 0 radical (unpaired) electrons. The molecular weight excluding hydrogens is 172 g/mol. The van der Waals surface area contributed by atoms with Crippen LogP contribution in [0.5, 0.6) is 0 Å². The summed E-state index contributed by atoms with van der Waals surface area (Å²) < 4.78 is 22.4. The van der Waals surface area contributed by atoms with Crippen molar-refractivity contribution in [1.29, 1.82) is 0 Å². The van der Waals surface area contributed by atoms with Crippen LogP contribution in [0.1, 0.15) is 33.1 Å². The van der Waals surface area contributed by atoms with Crippen molar-refractivity contribution < 1.29 is 8.42 Å². The second kappa shape index (κ2) is 3.44. The highest BCUT2D eigenvalue weighted by Crippen LogP contribution is 2.24. The summed E-state index contributed by atoms with van der Waals surface area (Å²) in [5, 5.41) is 1.39. The molecule has 0 bridgehead atoms. The number of rotatable bonds is 3. The topological polar surface area (TPSA) is 34.1 Å². The van der Waals surface area contributed by atoms with Crippen molar-refractivity contribution >= 4 is 9.84 Å². The van der Waals surface area contributed by atoms with Gasteiger partial charge in [-0.2, -0.15) is 0 Å². The van der Waals surface area contributed by atoms with Crippen LogP contribution in [0.4, 0.5) is 0 Å². The minimum atomic E-state index is -3.01. The summed E-state index contributed by atoms with van der Waals surface area (Å²) in [5.74, 6) is 0. The molecule has 0 fully saturated rings. The van der Waals surface area contributed by atoms with Gasteiger partial charge in [-0.05, 0) is 31.4 Å². The van der Waals surface area contributed by atoms with E-state index in [1.54, 1.807) is 13.0 Å². The Hall–Kier alpha value is -0.570. The lowest BCUT2D eigenvalue weighted by molar-refractivity contribution is 0.610. The zero-order chi connectivity index (χ0) is 9.19. The minimum Gasteiger partial charge on any atom is -0.219 e. The van der Waals surface area contributed by atoms with Crippen LogP contribution in [0.2, 0.25) is 0 Å². The second-order valence-electron chi connectivity index (χ2n) is 3.10. The zero-order valence-electron chi connectivity index (χ0n) is 7.50. The zero-order valence-corrected chi connectivity index (χ0v) is 8.32. The van der Waals surface area contributed by atoms with E-state index in [4.69, 9.17) is 0 Å². The summed E-state index contributed by atoms with van der Waals surface area (Å²) in [7, 11) is -3.01. The van der Waals surface area contributed by atoms with Crippen LogP contribution < -0.4 is 0 Å². The molecule has 1 aliphatic heterocycles. The van der Waals surface area contributed by atoms with Gasteiger partial charge >= 0.3 is 0 Å². The second-order valence-corrected chi connectivity index (χ2v) is 5.07. The molecule has 0 aromatic carbocycles. The first-order chi connectivity index (χ1) is 5.56. The molecule has 0 amide bonds. The molecule has 0 atom stereocenters. The molecule has 3 heteroatoms. The maximum atomic E-state index is 11.2. The normalized spacial score (nSPS) is 20.5. The third-order valence-corrected chi connectivity index (χ3v) is 3.59. The van der Waals surface area contributed by atoms with E-state index in [-0.39, 0.29) is 0 Å². The molecule has 1 heterocycles. The van der Waals surface area contributed by atoms with E-state index in [1.165, 1.54) is 5.41 Å². The van der Waals surface area contributed by atoms with Crippen molar-refractivity contribution in [3.8, 4) is 0 Å². The molecule has 0 aliphatic carbocycles. The van der Waals surface area contributed by atoms with Crippen LogP contribution in [0.25, 0.3) is 0 Å².